The molecule has 2 aromatic rings. The number of ether oxygens (including phenoxy) is 1. The molecule has 0 spiro atoms. The Morgan fingerprint density at radius 2 is 1.60 bits per heavy atom. The maximum atomic E-state index is 13.1. The fraction of sp³-hybridized carbons (Fsp3) is 0.364. The molecule has 3 rings (SSSR count). The highest BCUT2D eigenvalue weighted by molar-refractivity contribution is 6.05. The summed E-state index contributed by atoms with van der Waals surface area (Å²) in [5.74, 6) is -0.485. The minimum atomic E-state index is -1.12. The number of esters is 1. The van der Waals surface area contributed by atoms with Gasteiger partial charge >= 0.3 is 5.97 Å². The summed E-state index contributed by atoms with van der Waals surface area (Å²) >= 11 is 0. The summed E-state index contributed by atoms with van der Waals surface area (Å²) in [5, 5.41) is 0. The van der Waals surface area contributed by atoms with Crippen LogP contribution in [0.4, 0.5) is 0 Å². The highest BCUT2D eigenvalue weighted by atomic mass is 16.5. The van der Waals surface area contributed by atoms with Gasteiger partial charge in [-0.05, 0) is 37.3 Å². The van der Waals surface area contributed by atoms with Crippen LogP contribution in [0.15, 0.2) is 60.7 Å². The average molecular weight is 336 g/mol. The van der Waals surface area contributed by atoms with Gasteiger partial charge in [0.05, 0.1) is 6.61 Å². The standard InChI is InChI=1S/C22H24O3/c1-3-25-21(24)22(2)19(17-12-8-5-9-13-17)14-18(15-20(22)23)16-10-6-4-7-11-16/h4-13,18-19H,3,14-15H2,1-2H3. The van der Waals surface area contributed by atoms with Crippen molar-refractivity contribution in [3.05, 3.63) is 71.8 Å². The molecule has 3 unspecified atom stereocenters. The zero-order chi connectivity index (χ0) is 17.9. The van der Waals surface area contributed by atoms with Gasteiger partial charge < -0.3 is 4.74 Å². The molecule has 0 aliphatic heterocycles. The van der Waals surface area contributed by atoms with E-state index in [0.717, 1.165) is 17.5 Å². The molecular formula is C22H24O3. The van der Waals surface area contributed by atoms with E-state index < -0.39 is 11.4 Å². The molecule has 1 aliphatic rings. The lowest BCUT2D eigenvalue weighted by Gasteiger charge is -2.41. The molecular weight excluding hydrogens is 312 g/mol. The Balaban J connectivity index is 2.02. The quantitative estimate of drug-likeness (QED) is 0.610. The van der Waals surface area contributed by atoms with Gasteiger partial charge in [-0.1, -0.05) is 60.7 Å². The van der Waals surface area contributed by atoms with E-state index in [1.807, 2.05) is 48.5 Å². The van der Waals surface area contributed by atoms with Crippen molar-refractivity contribution >= 4 is 11.8 Å². The third-order valence-electron chi connectivity index (χ3n) is 5.40. The van der Waals surface area contributed by atoms with Gasteiger partial charge in [0.2, 0.25) is 0 Å². The molecule has 3 atom stereocenters. The lowest BCUT2D eigenvalue weighted by Crippen LogP contribution is -2.47. The molecule has 2 aromatic carbocycles. The van der Waals surface area contributed by atoms with Crippen LogP contribution in [0.25, 0.3) is 0 Å². The van der Waals surface area contributed by atoms with Gasteiger partial charge in [-0.15, -0.1) is 0 Å². The van der Waals surface area contributed by atoms with Crippen LogP contribution in [0.3, 0.4) is 0 Å². The highest BCUT2D eigenvalue weighted by Gasteiger charge is 2.53. The minimum Gasteiger partial charge on any atom is -0.465 e. The maximum absolute atomic E-state index is 13.1. The average Bonchev–Trinajstić information content (AvgIpc) is 2.65. The van der Waals surface area contributed by atoms with Crippen molar-refractivity contribution in [1.82, 2.24) is 0 Å². The van der Waals surface area contributed by atoms with E-state index in [0.29, 0.717) is 6.42 Å². The van der Waals surface area contributed by atoms with E-state index in [4.69, 9.17) is 4.74 Å². The monoisotopic (exact) mass is 336 g/mol. The predicted molar refractivity (Wildman–Crippen MR) is 97.3 cm³/mol. The van der Waals surface area contributed by atoms with Gasteiger partial charge in [0.1, 0.15) is 5.41 Å². The van der Waals surface area contributed by atoms with Crippen molar-refractivity contribution in [1.29, 1.82) is 0 Å². The van der Waals surface area contributed by atoms with E-state index in [1.165, 1.54) is 0 Å². The smallest absolute Gasteiger partial charge is 0.319 e. The molecule has 0 saturated heterocycles. The van der Waals surface area contributed by atoms with Crippen molar-refractivity contribution in [2.24, 2.45) is 5.41 Å². The molecule has 1 fully saturated rings. The van der Waals surface area contributed by atoms with Crippen molar-refractivity contribution in [2.45, 2.75) is 38.5 Å². The van der Waals surface area contributed by atoms with Crippen LogP contribution < -0.4 is 0 Å². The SMILES string of the molecule is CCOC(=O)C1(C)C(=O)CC(c2ccccc2)CC1c1ccccc1. The van der Waals surface area contributed by atoms with Gasteiger partial charge in [-0.2, -0.15) is 0 Å². The Morgan fingerprint density at radius 3 is 2.16 bits per heavy atom. The fourth-order valence-corrected chi connectivity index (χ4v) is 3.90. The predicted octanol–water partition coefficient (Wildman–Crippen LogP) is 4.49. The van der Waals surface area contributed by atoms with Crippen LogP contribution in [0.2, 0.25) is 0 Å². The van der Waals surface area contributed by atoms with Crippen molar-refractivity contribution in [2.75, 3.05) is 6.61 Å². The third kappa shape index (κ3) is 3.23. The van der Waals surface area contributed by atoms with E-state index >= 15 is 0 Å². The molecule has 0 heterocycles. The van der Waals surface area contributed by atoms with E-state index in [-0.39, 0.29) is 24.2 Å². The maximum Gasteiger partial charge on any atom is 0.319 e. The minimum absolute atomic E-state index is 0.0279. The Kier molecular flexibility index (Phi) is 5.03. The normalized spacial score (nSPS) is 26.2. The number of ketones is 1. The van der Waals surface area contributed by atoms with Crippen LogP contribution >= 0.6 is 0 Å². The molecule has 0 N–H and O–H groups in total. The van der Waals surface area contributed by atoms with E-state index in [1.54, 1.807) is 13.8 Å². The summed E-state index contributed by atoms with van der Waals surface area (Å²) in [6, 6.07) is 20.0. The molecule has 1 saturated carbocycles. The third-order valence-corrected chi connectivity index (χ3v) is 5.40. The molecule has 3 heteroatoms. The molecule has 0 aromatic heterocycles. The largest absolute Gasteiger partial charge is 0.465 e. The van der Waals surface area contributed by atoms with Crippen molar-refractivity contribution < 1.29 is 14.3 Å². The zero-order valence-electron chi connectivity index (χ0n) is 14.8. The van der Waals surface area contributed by atoms with Gasteiger partial charge in [-0.3, -0.25) is 9.59 Å². The number of hydrogen-bond donors (Lipinski definition) is 0. The Labute approximate surface area is 149 Å². The van der Waals surface area contributed by atoms with Gasteiger partial charge in [0.15, 0.2) is 5.78 Å². The number of carbonyl (C=O) groups is 2. The topological polar surface area (TPSA) is 43.4 Å². The van der Waals surface area contributed by atoms with E-state index in [2.05, 4.69) is 12.1 Å². The molecule has 130 valence electrons. The van der Waals surface area contributed by atoms with Gasteiger partial charge in [0, 0.05) is 12.3 Å². The number of carbonyl (C=O) groups excluding carboxylic acids is 2. The first kappa shape index (κ1) is 17.4. The Hall–Kier alpha value is -2.42. The lowest BCUT2D eigenvalue weighted by atomic mass is 9.60. The van der Waals surface area contributed by atoms with Crippen LogP contribution in [-0.4, -0.2) is 18.4 Å². The molecule has 0 bridgehead atoms. The number of Topliss-reactive ketones (excluding diaryl/α,β-unsaturated/α-hetero) is 1. The van der Waals surface area contributed by atoms with Gasteiger partial charge in [0.25, 0.3) is 0 Å². The number of hydrogen-bond acceptors (Lipinski definition) is 3. The molecule has 0 radical (unpaired) electrons. The first-order chi connectivity index (χ1) is 12.1. The molecule has 0 amide bonds. The van der Waals surface area contributed by atoms with Crippen molar-refractivity contribution in [3.8, 4) is 0 Å². The second-order valence-electron chi connectivity index (χ2n) is 6.86. The summed E-state index contributed by atoms with van der Waals surface area (Å²) in [7, 11) is 0. The highest BCUT2D eigenvalue weighted by Crippen LogP contribution is 2.50. The summed E-state index contributed by atoms with van der Waals surface area (Å²) in [4.78, 5) is 25.8. The van der Waals surface area contributed by atoms with Crippen LogP contribution in [0, 0.1) is 5.41 Å². The second-order valence-corrected chi connectivity index (χ2v) is 6.86. The zero-order valence-corrected chi connectivity index (χ0v) is 14.8. The molecule has 3 nitrogen and oxygen atoms in total. The van der Waals surface area contributed by atoms with Crippen LogP contribution in [0.1, 0.15) is 49.7 Å². The summed E-state index contributed by atoms with van der Waals surface area (Å²) in [5.41, 5.74) is 1.05. The van der Waals surface area contributed by atoms with Crippen LogP contribution in [-0.2, 0) is 14.3 Å². The lowest BCUT2D eigenvalue weighted by molar-refractivity contribution is -0.162. The second kappa shape index (κ2) is 7.22. The number of benzene rings is 2. The van der Waals surface area contributed by atoms with E-state index in [9.17, 15) is 9.59 Å². The molecule has 1 aliphatic carbocycles. The Bertz CT molecular complexity index is 738. The summed E-state index contributed by atoms with van der Waals surface area (Å²) in [6.45, 7) is 3.82. The van der Waals surface area contributed by atoms with Crippen molar-refractivity contribution in [3.63, 3.8) is 0 Å². The fourth-order valence-electron chi connectivity index (χ4n) is 3.90. The summed E-state index contributed by atoms with van der Waals surface area (Å²) in [6.07, 6.45) is 1.14. The Morgan fingerprint density at radius 1 is 1.04 bits per heavy atom. The number of rotatable bonds is 4. The first-order valence-corrected chi connectivity index (χ1v) is 8.87. The molecule has 25 heavy (non-hydrogen) atoms. The first-order valence-electron chi connectivity index (χ1n) is 8.87. The summed E-state index contributed by atoms with van der Waals surface area (Å²) < 4.78 is 5.29. The van der Waals surface area contributed by atoms with Crippen LogP contribution in [0.5, 0.6) is 0 Å². The van der Waals surface area contributed by atoms with Gasteiger partial charge in [-0.25, -0.2) is 0 Å².